The molecule has 4 saturated carbocycles. The summed E-state index contributed by atoms with van der Waals surface area (Å²) < 4.78 is 0. The summed E-state index contributed by atoms with van der Waals surface area (Å²) in [5, 5.41) is 31.5. The zero-order valence-electron chi connectivity index (χ0n) is 14.0. The van der Waals surface area contributed by atoms with E-state index < -0.39 is 0 Å². The number of rotatable bonds is 0. The number of fused-ring (bicyclic) bond motifs is 5. The van der Waals surface area contributed by atoms with E-state index in [1.54, 1.807) is 0 Å². The van der Waals surface area contributed by atoms with E-state index in [-0.39, 0.29) is 29.1 Å². The van der Waals surface area contributed by atoms with Crippen molar-refractivity contribution in [3.8, 4) is 0 Å². The van der Waals surface area contributed by atoms with Gasteiger partial charge in [0.15, 0.2) is 0 Å². The molecule has 4 aliphatic carbocycles. The molecule has 0 amide bonds. The maximum Gasteiger partial charge on any atom is 0.0596 e. The Kier molecular flexibility index (Phi) is 3.46. The Balaban J connectivity index is 1.67. The van der Waals surface area contributed by atoms with Gasteiger partial charge in [-0.15, -0.1) is 0 Å². The van der Waals surface area contributed by atoms with E-state index in [0.29, 0.717) is 23.7 Å². The van der Waals surface area contributed by atoms with Gasteiger partial charge in [0.05, 0.1) is 18.3 Å². The quantitative estimate of drug-likeness (QED) is 0.645. The van der Waals surface area contributed by atoms with Gasteiger partial charge in [-0.1, -0.05) is 13.8 Å². The minimum absolute atomic E-state index is 0.0273. The van der Waals surface area contributed by atoms with E-state index in [0.717, 1.165) is 51.4 Å². The van der Waals surface area contributed by atoms with Crippen molar-refractivity contribution in [2.24, 2.45) is 34.5 Å². The summed E-state index contributed by atoms with van der Waals surface area (Å²) in [6.07, 6.45) is 7.45. The maximum atomic E-state index is 10.9. The van der Waals surface area contributed by atoms with Crippen molar-refractivity contribution in [2.75, 3.05) is 0 Å². The number of hydrogen-bond acceptors (Lipinski definition) is 3. The van der Waals surface area contributed by atoms with Gasteiger partial charge >= 0.3 is 0 Å². The maximum absolute atomic E-state index is 10.9. The summed E-state index contributed by atoms with van der Waals surface area (Å²) in [6.45, 7) is 4.69. The molecule has 0 aliphatic heterocycles. The molecule has 126 valence electrons. The Bertz CT molecular complexity index is 452. The summed E-state index contributed by atoms with van der Waals surface area (Å²) in [4.78, 5) is 0. The van der Waals surface area contributed by atoms with Gasteiger partial charge in [-0.2, -0.15) is 0 Å². The van der Waals surface area contributed by atoms with Crippen LogP contribution in [0.1, 0.15) is 65.2 Å². The molecule has 0 bridgehead atoms. The lowest BCUT2D eigenvalue weighted by Gasteiger charge is -2.62. The van der Waals surface area contributed by atoms with Gasteiger partial charge in [0.1, 0.15) is 0 Å². The van der Waals surface area contributed by atoms with Crippen LogP contribution in [0.25, 0.3) is 0 Å². The average molecular weight is 308 g/mol. The molecule has 0 aromatic rings. The molecule has 4 fully saturated rings. The average Bonchev–Trinajstić information content (AvgIpc) is 2.77. The Morgan fingerprint density at radius 1 is 0.773 bits per heavy atom. The van der Waals surface area contributed by atoms with Crippen LogP contribution < -0.4 is 0 Å². The number of aliphatic hydroxyl groups excluding tert-OH is 3. The topological polar surface area (TPSA) is 60.7 Å². The summed E-state index contributed by atoms with van der Waals surface area (Å²) >= 11 is 0. The van der Waals surface area contributed by atoms with E-state index in [9.17, 15) is 15.3 Å². The molecule has 0 aromatic carbocycles. The second kappa shape index (κ2) is 4.94. The molecule has 0 radical (unpaired) electrons. The third-order valence-electron chi connectivity index (χ3n) is 8.61. The van der Waals surface area contributed by atoms with Crippen molar-refractivity contribution < 1.29 is 15.3 Å². The molecule has 3 heteroatoms. The first-order chi connectivity index (χ1) is 10.4. The SMILES string of the molecule is C[C@]12CC[C@H](O)C[C@H]1C[C@H](O)[C@@H]1[C@@H]2CC[C@]2(C)[C@@H](O)CC[C@@H]12. The summed E-state index contributed by atoms with van der Waals surface area (Å²) in [5.41, 5.74) is 0.317. The minimum Gasteiger partial charge on any atom is -0.393 e. The fourth-order valence-corrected chi connectivity index (χ4v) is 7.17. The van der Waals surface area contributed by atoms with Crippen LogP contribution in [-0.2, 0) is 0 Å². The fraction of sp³-hybridized carbons (Fsp3) is 1.00. The summed E-state index contributed by atoms with van der Waals surface area (Å²) in [7, 11) is 0. The first-order valence-corrected chi connectivity index (χ1v) is 9.40. The highest BCUT2D eigenvalue weighted by Gasteiger charge is 2.62. The molecule has 22 heavy (non-hydrogen) atoms. The number of aliphatic hydroxyl groups is 3. The molecule has 0 aromatic heterocycles. The highest BCUT2D eigenvalue weighted by Crippen LogP contribution is 2.66. The highest BCUT2D eigenvalue weighted by atomic mass is 16.3. The van der Waals surface area contributed by atoms with E-state index in [1.807, 2.05) is 0 Å². The van der Waals surface area contributed by atoms with Crippen molar-refractivity contribution in [3.05, 3.63) is 0 Å². The van der Waals surface area contributed by atoms with E-state index >= 15 is 0 Å². The van der Waals surface area contributed by atoms with Gasteiger partial charge in [0, 0.05) is 0 Å². The van der Waals surface area contributed by atoms with Gasteiger partial charge in [-0.25, -0.2) is 0 Å². The number of hydrogen-bond donors (Lipinski definition) is 3. The zero-order valence-corrected chi connectivity index (χ0v) is 14.0. The normalized spacial score (nSPS) is 61.2. The van der Waals surface area contributed by atoms with Crippen LogP contribution in [0, 0.1) is 34.5 Å². The second-order valence-corrected chi connectivity index (χ2v) is 9.36. The van der Waals surface area contributed by atoms with Crippen molar-refractivity contribution in [3.63, 3.8) is 0 Å². The van der Waals surface area contributed by atoms with Gasteiger partial charge in [0.2, 0.25) is 0 Å². The molecular formula is C19H32O3. The third kappa shape index (κ3) is 1.91. The molecule has 9 atom stereocenters. The Hall–Kier alpha value is -0.120. The summed E-state index contributed by atoms with van der Waals surface area (Å²) in [5.74, 6) is 1.91. The third-order valence-corrected chi connectivity index (χ3v) is 8.61. The monoisotopic (exact) mass is 308 g/mol. The van der Waals surface area contributed by atoms with Crippen molar-refractivity contribution >= 4 is 0 Å². The lowest BCUT2D eigenvalue weighted by atomic mass is 9.44. The Labute approximate surface area is 134 Å². The Morgan fingerprint density at radius 3 is 2.23 bits per heavy atom. The van der Waals surface area contributed by atoms with Gasteiger partial charge in [-0.3, -0.25) is 0 Å². The van der Waals surface area contributed by atoms with E-state index in [4.69, 9.17) is 0 Å². The molecule has 3 nitrogen and oxygen atoms in total. The highest BCUT2D eigenvalue weighted by molar-refractivity contribution is 5.11. The van der Waals surface area contributed by atoms with Crippen LogP contribution in [0.3, 0.4) is 0 Å². The Morgan fingerprint density at radius 2 is 1.45 bits per heavy atom. The van der Waals surface area contributed by atoms with Gasteiger partial charge in [-0.05, 0) is 85.9 Å². The molecule has 0 saturated heterocycles. The lowest BCUT2D eigenvalue weighted by Crippen LogP contribution is -2.58. The smallest absolute Gasteiger partial charge is 0.0596 e. The second-order valence-electron chi connectivity index (χ2n) is 9.36. The standard InChI is InChI=1S/C19H32O3/c1-18-7-5-12(20)9-11(18)10-15(21)17-13-3-4-16(22)19(13,2)8-6-14(17)18/h11-17,20-22H,3-10H2,1-2H3/t11-,12-,13-,14-,15-,16-,17-,18-,19-/m0/s1. The molecular weight excluding hydrogens is 276 g/mol. The predicted octanol–water partition coefficient (Wildman–Crippen LogP) is 2.72. The van der Waals surface area contributed by atoms with E-state index in [1.165, 1.54) is 0 Å². The predicted molar refractivity (Wildman–Crippen MR) is 85.1 cm³/mol. The largest absolute Gasteiger partial charge is 0.393 e. The van der Waals surface area contributed by atoms with Crippen LogP contribution in [0.2, 0.25) is 0 Å². The van der Waals surface area contributed by atoms with Gasteiger partial charge in [0.25, 0.3) is 0 Å². The molecule has 0 spiro atoms. The first-order valence-electron chi connectivity index (χ1n) is 9.40. The lowest BCUT2D eigenvalue weighted by molar-refractivity contribution is -0.176. The molecule has 4 rings (SSSR count). The molecule has 0 heterocycles. The van der Waals surface area contributed by atoms with Crippen LogP contribution in [-0.4, -0.2) is 33.6 Å². The first kappa shape index (κ1) is 15.4. The molecule has 3 N–H and O–H groups in total. The van der Waals surface area contributed by atoms with Gasteiger partial charge < -0.3 is 15.3 Å². The zero-order chi connectivity index (χ0) is 15.7. The minimum atomic E-state index is -0.233. The fourth-order valence-electron chi connectivity index (χ4n) is 7.17. The van der Waals surface area contributed by atoms with Crippen molar-refractivity contribution in [1.82, 2.24) is 0 Å². The van der Waals surface area contributed by atoms with Crippen molar-refractivity contribution in [2.45, 2.75) is 83.5 Å². The van der Waals surface area contributed by atoms with Crippen LogP contribution in [0.5, 0.6) is 0 Å². The molecule has 0 unspecified atom stereocenters. The van der Waals surface area contributed by atoms with Crippen LogP contribution >= 0.6 is 0 Å². The van der Waals surface area contributed by atoms with Crippen LogP contribution in [0.15, 0.2) is 0 Å². The van der Waals surface area contributed by atoms with E-state index in [2.05, 4.69) is 13.8 Å². The van der Waals surface area contributed by atoms with Crippen LogP contribution in [0.4, 0.5) is 0 Å². The molecule has 4 aliphatic rings. The van der Waals surface area contributed by atoms with Crippen molar-refractivity contribution in [1.29, 1.82) is 0 Å². The summed E-state index contributed by atoms with van der Waals surface area (Å²) in [6, 6.07) is 0.